The van der Waals surface area contributed by atoms with Gasteiger partial charge in [0.25, 0.3) is 0 Å². The lowest BCUT2D eigenvalue weighted by molar-refractivity contribution is 0.194. The molecule has 3 rings (SSSR count). The Labute approximate surface area is 147 Å². The van der Waals surface area contributed by atoms with Crippen LogP contribution in [0.5, 0.6) is 5.75 Å². The molecule has 8 heteroatoms. The first kappa shape index (κ1) is 17.8. The number of hydrogen-bond acceptors (Lipinski definition) is 7. The maximum atomic E-state index is 9.51. The number of anilines is 1. The molecular formula is C17H20N3O4P. The third-order valence-corrected chi connectivity index (χ3v) is 4.90. The summed E-state index contributed by atoms with van der Waals surface area (Å²) in [6, 6.07) is 7.91. The second-order valence-corrected chi connectivity index (χ2v) is 6.76. The first-order chi connectivity index (χ1) is 12.1. The van der Waals surface area contributed by atoms with Crippen LogP contribution in [0.2, 0.25) is 0 Å². The summed E-state index contributed by atoms with van der Waals surface area (Å²) in [5, 5.41) is 10.4. The molecule has 2 N–H and O–H groups in total. The number of nitriles is 1. The number of nitrogens with zero attached hydrogens (tertiary/aromatic N) is 3. The van der Waals surface area contributed by atoms with Crippen LogP contribution in [0.3, 0.4) is 0 Å². The van der Waals surface area contributed by atoms with E-state index in [1.165, 1.54) is 0 Å². The van der Waals surface area contributed by atoms with Crippen LogP contribution in [0, 0.1) is 17.2 Å². The fourth-order valence-electron chi connectivity index (χ4n) is 3.20. The normalized spacial score (nSPS) is 15.6. The average molecular weight is 361 g/mol. The van der Waals surface area contributed by atoms with Crippen molar-refractivity contribution in [2.75, 3.05) is 31.7 Å². The van der Waals surface area contributed by atoms with Crippen LogP contribution in [-0.2, 0) is 4.52 Å². The predicted molar refractivity (Wildman–Crippen MR) is 95.3 cm³/mol. The van der Waals surface area contributed by atoms with E-state index < -0.39 is 8.60 Å². The highest BCUT2D eigenvalue weighted by Crippen LogP contribution is 2.35. The van der Waals surface area contributed by atoms with Crippen molar-refractivity contribution >= 4 is 25.2 Å². The monoisotopic (exact) mass is 361 g/mol. The molecule has 7 nitrogen and oxygen atoms in total. The summed E-state index contributed by atoms with van der Waals surface area (Å²) >= 11 is 0. The first-order valence-corrected chi connectivity index (χ1v) is 9.21. The van der Waals surface area contributed by atoms with Gasteiger partial charge in [-0.25, -0.2) is 0 Å². The number of aromatic nitrogens is 1. The zero-order chi connectivity index (χ0) is 17.8. The Kier molecular flexibility index (Phi) is 5.67. The maximum absolute atomic E-state index is 9.51. The molecule has 0 atom stereocenters. The fraction of sp³-hybridized carbons (Fsp3) is 0.412. The van der Waals surface area contributed by atoms with E-state index in [0.29, 0.717) is 12.2 Å². The summed E-state index contributed by atoms with van der Waals surface area (Å²) in [7, 11) is -0.680. The van der Waals surface area contributed by atoms with Crippen molar-refractivity contribution in [1.82, 2.24) is 4.98 Å². The molecule has 1 aromatic carbocycles. The van der Waals surface area contributed by atoms with Crippen LogP contribution < -0.4 is 9.64 Å². The minimum atomic E-state index is -2.30. The van der Waals surface area contributed by atoms with Crippen molar-refractivity contribution in [3.8, 4) is 11.8 Å². The number of fused-ring (bicyclic) bond motifs is 1. The van der Waals surface area contributed by atoms with Gasteiger partial charge in [-0.3, -0.25) is 4.98 Å². The van der Waals surface area contributed by atoms with Crippen LogP contribution in [0.25, 0.3) is 10.9 Å². The van der Waals surface area contributed by atoms with Crippen LogP contribution in [-0.4, -0.2) is 41.6 Å². The number of methoxy groups -OCH3 is 1. The molecule has 2 aromatic rings. The summed E-state index contributed by atoms with van der Waals surface area (Å²) in [6.07, 6.45) is 3.34. The smallest absolute Gasteiger partial charge is 0.327 e. The number of ether oxygens (including phenoxy) is 1. The number of rotatable bonds is 5. The fourth-order valence-corrected chi connectivity index (χ4v) is 3.55. The van der Waals surface area contributed by atoms with Crippen molar-refractivity contribution < 1.29 is 19.0 Å². The van der Waals surface area contributed by atoms with E-state index in [1.807, 2.05) is 18.2 Å². The molecule has 0 spiro atoms. The maximum Gasteiger partial charge on any atom is 0.327 e. The average Bonchev–Trinajstić information content (AvgIpc) is 2.65. The van der Waals surface area contributed by atoms with Crippen molar-refractivity contribution in [2.45, 2.75) is 12.8 Å². The predicted octanol–water partition coefficient (Wildman–Crippen LogP) is 2.56. The van der Waals surface area contributed by atoms with Crippen LogP contribution >= 0.6 is 8.60 Å². The van der Waals surface area contributed by atoms with E-state index in [-0.39, 0.29) is 5.92 Å². The van der Waals surface area contributed by atoms with Crippen molar-refractivity contribution in [1.29, 1.82) is 5.26 Å². The summed E-state index contributed by atoms with van der Waals surface area (Å²) in [6.45, 7) is 1.89. The van der Waals surface area contributed by atoms with Gasteiger partial charge in [0.15, 0.2) is 0 Å². The van der Waals surface area contributed by atoms with E-state index in [0.717, 1.165) is 48.3 Å². The van der Waals surface area contributed by atoms with E-state index >= 15 is 0 Å². The van der Waals surface area contributed by atoms with Gasteiger partial charge in [-0.2, -0.15) is 5.26 Å². The van der Waals surface area contributed by atoms with Gasteiger partial charge in [-0.1, -0.05) is 0 Å². The zero-order valence-corrected chi connectivity index (χ0v) is 14.8. The Morgan fingerprint density at radius 3 is 2.76 bits per heavy atom. The first-order valence-electron chi connectivity index (χ1n) is 8.05. The Hall–Kier alpha value is -1.97. The third kappa shape index (κ3) is 4.00. The molecule has 0 bridgehead atoms. The standard InChI is InChI=1S/C17H20N3O4P/c1-23-14-2-3-16-15(8-14)17(13(9-18)10-19-16)20-6-4-12(5-7-20)11-24-25(21)22/h2-3,8,10,12,21-22H,4-7,11H2,1H3. The highest BCUT2D eigenvalue weighted by molar-refractivity contribution is 7.39. The highest BCUT2D eigenvalue weighted by atomic mass is 31.2. The van der Waals surface area contributed by atoms with E-state index in [2.05, 4.69) is 16.0 Å². The van der Waals surface area contributed by atoms with Gasteiger partial charge < -0.3 is 23.9 Å². The van der Waals surface area contributed by atoms with Gasteiger partial charge in [0, 0.05) is 24.7 Å². The van der Waals surface area contributed by atoms with Crippen molar-refractivity contribution in [2.24, 2.45) is 5.92 Å². The summed E-state index contributed by atoms with van der Waals surface area (Å²) in [4.78, 5) is 24.3. The molecule has 0 saturated carbocycles. The lowest BCUT2D eigenvalue weighted by Gasteiger charge is -2.34. The van der Waals surface area contributed by atoms with Gasteiger partial charge in [0.1, 0.15) is 11.8 Å². The largest absolute Gasteiger partial charge is 0.497 e. The molecule has 2 heterocycles. The van der Waals surface area contributed by atoms with Crippen LogP contribution in [0.4, 0.5) is 5.69 Å². The summed E-state index contributed by atoms with van der Waals surface area (Å²) in [5.74, 6) is 1.02. The van der Waals surface area contributed by atoms with Crippen LogP contribution in [0.1, 0.15) is 18.4 Å². The number of pyridine rings is 1. The lowest BCUT2D eigenvalue weighted by atomic mass is 9.96. The SMILES string of the molecule is COc1ccc2ncc(C#N)c(N3CCC(COP(O)O)CC3)c2c1. The molecule has 25 heavy (non-hydrogen) atoms. The summed E-state index contributed by atoms with van der Waals surface area (Å²) in [5.41, 5.74) is 2.26. The van der Waals surface area contributed by atoms with Gasteiger partial charge in [-0.15, -0.1) is 0 Å². The zero-order valence-electron chi connectivity index (χ0n) is 13.9. The molecule has 0 aliphatic carbocycles. The molecule has 1 aliphatic heterocycles. The molecular weight excluding hydrogens is 341 g/mol. The third-order valence-electron chi connectivity index (χ3n) is 4.52. The van der Waals surface area contributed by atoms with Crippen molar-refractivity contribution in [3.05, 3.63) is 30.0 Å². The molecule has 0 amide bonds. The molecule has 132 valence electrons. The van der Waals surface area contributed by atoms with E-state index in [9.17, 15) is 5.26 Å². The molecule has 0 unspecified atom stereocenters. The molecule has 1 saturated heterocycles. The Morgan fingerprint density at radius 1 is 1.36 bits per heavy atom. The molecule has 1 fully saturated rings. The van der Waals surface area contributed by atoms with Gasteiger partial charge in [0.05, 0.1) is 30.5 Å². The highest BCUT2D eigenvalue weighted by Gasteiger charge is 2.24. The quantitative estimate of drug-likeness (QED) is 0.790. The molecule has 1 aromatic heterocycles. The van der Waals surface area contributed by atoms with Gasteiger partial charge >= 0.3 is 8.60 Å². The number of hydrogen-bond donors (Lipinski definition) is 2. The second kappa shape index (κ2) is 7.94. The Morgan fingerprint density at radius 2 is 2.12 bits per heavy atom. The minimum absolute atomic E-state index is 0.286. The Balaban J connectivity index is 1.86. The number of piperidine rings is 1. The minimum Gasteiger partial charge on any atom is -0.497 e. The number of benzene rings is 1. The topological polar surface area (TPSA) is 98.8 Å². The lowest BCUT2D eigenvalue weighted by Crippen LogP contribution is -2.35. The Bertz CT molecular complexity index is 785. The van der Waals surface area contributed by atoms with E-state index in [1.54, 1.807) is 13.3 Å². The van der Waals surface area contributed by atoms with Gasteiger partial charge in [0.2, 0.25) is 0 Å². The second-order valence-electron chi connectivity index (χ2n) is 5.99. The van der Waals surface area contributed by atoms with Crippen molar-refractivity contribution in [3.63, 3.8) is 0 Å². The molecule has 0 radical (unpaired) electrons. The van der Waals surface area contributed by atoms with E-state index in [4.69, 9.17) is 19.0 Å². The molecule has 1 aliphatic rings. The van der Waals surface area contributed by atoms with Gasteiger partial charge in [-0.05, 0) is 37.0 Å². The summed E-state index contributed by atoms with van der Waals surface area (Å²) < 4.78 is 10.3. The van der Waals surface area contributed by atoms with Crippen LogP contribution in [0.15, 0.2) is 24.4 Å².